The molecule has 2 aliphatic rings. The first-order valence-corrected chi connectivity index (χ1v) is 12.3. The maximum atomic E-state index is 13.4. The Morgan fingerprint density at radius 1 is 1.09 bits per heavy atom. The van der Waals surface area contributed by atoms with Crippen LogP contribution in [0.15, 0.2) is 42.9 Å². The largest absolute Gasteiger partial charge is 0.369 e. The van der Waals surface area contributed by atoms with Crippen molar-refractivity contribution < 1.29 is 12.8 Å². The summed E-state index contributed by atoms with van der Waals surface area (Å²) in [6.45, 7) is 1.47. The highest BCUT2D eigenvalue weighted by atomic mass is 32.2. The molecule has 2 aromatic heterocycles. The molecule has 0 bridgehead atoms. The molecule has 10 heteroatoms. The molecule has 1 saturated heterocycles. The number of hydrogen-bond donors (Lipinski definition) is 1. The average Bonchev–Trinajstić information content (AvgIpc) is 3.57. The van der Waals surface area contributed by atoms with E-state index in [0.29, 0.717) is 24.4 Å². The molecule has 0 unspecified atom stereocenters. The number of anilines is 2. The van der Waals surface area contributed by atoms with Crippen molar-refractivity contribution in [1.29, 1.82) is 0 Å². The van der Waals surface area contributed by atoms with Crippen molar-refractivity contribution in [2.24, 2.45) is 7.05 Å². The van der Waals surface area contributed by atoms with Crippen molar-refractivity contribution in [2.75, 3.05) is 22.7 Å². The second-order valence-corrected chi connectivity index (χ2v) is 10.4. The summed E-state index contributed by atoms with van der Waals surface area (Å²) in [6, 6.07) is 8.53. The maximum Gasteiger partial charge on any atom is 0.235 e. The van der Waals surface area contributed by atoms with Crippen molar-refractivity contribution in [3.8, 4) is 11.1 Å². The summed E-state index contributed by atoms with van der Waals surface area (Å²) in [4.78, 5) is 6.00. The summed E-state index contributed by atoms with van der Waals surface area (Å²) >= 11 is 0. The van der Waals surface area contributed by atoms with Crippen LogP contribution in [0.1, 0.15) is 37.4 Å². The van der Waals surface area contributed by atoms with Gasteiger partial charge in [-0.15, -0.1) is 10.2 Å². The van der Waals surface area contributed by atoms with E-state index in [1.54, 1.807) is 18.5 Å². The van der Waals surface area contributed by atoms with Gasteiger partial charge in [-0.2, -0.15) is 4.39 Å². The number of piperidine rings is 1. The summed E-state index contributed by atoms with van der Waals surface area (Å²) in [5, 5.41) is 7.93. The Morgan fingerprint density at radius 2 is 1.88 bits per heavy atom. The van der Waals surface area contributed by atoms with Gasteiger partial charge in [0.25, 0.3) is 0 Å². The van der Waals surface area contributed by atoms with E-state index in [1.165, 1.54) is 12.3 Å². The fourth-order valence-electron chi connectivity index (χ4n) is 4.37. The van der Waals surface area contributed by atoms with Gasteiger partial charge >= 0.3 is 0 Å². The Balaban J connectivity index is 1.50. The molecule has 2 fully saturated rings. The van der Waals surface area contributed by atoms with Gasteiger partial charge in [0.05, 0.1) is 16.6 Å². The van der Waals surface area contributed by atoms with Crippen molar-refractivity contribution in [2.45, 2.75) is 36.9 Å². The second kappa shape index (κ2) is 8.16. The number of para-hydroxylation sites is 1. The first-order valence-electron chi connectivity index (χ1n) is 10.8. The number of hydrogen-bond acceptors (Lipinski definition) is 6. The molecule has 32 heavy (non-hydrogen) atoms. The zero-order chi connectivity index (χ0) is 22.3. The molecule has 3 heterocycles. The van der Waals surface area contributed by atoms with Crippen LogP contribution in [0.2, 0.25) is 0 Å². The number of halogens is 1. The highest BCUT2D eigenvalue weighted by molar-refractivity contribution is 7.93. The fraction of sp³-hybridized carbons (Fsp3) is 0.409. The van der Waals surface area contributed by atoms with Crippen LogP contribution in [-0.2, 0) is 17.1 Å². The molecule has 3 aromatic rings. The van der Waals surface area contributed by atoms with Crippen molar-refractivity contribution in [3.05, 3.63) is 54.6 Å². The Hall–Kier alpha value is -3.01. The number of pyridine rings is 1. The quantitative estimate of drug-likeness (QED) is 0.572. The zero-order valence-electron chi connectivity index (χ0n) is 17.8. The lowest BCUT2D eigenvalue weighted by Crippen LogP contribution is -2.35. The van der Waals surface area contributed by atoms with Gasteiger partial charge in [0, 0.05) is 43.4 Å². The highest BCUT2D eigenvalue weighted by Gasteiger charge is 2.37. The lowest BCUT2D eigenvalue weighted by Gasteiger charge is -2.35. The van der Waals surface area contributed by atoms with Gasteiger partial charge in [-0.3, -0.25) is 4.72 Å². The van der Waals surface area contributed by atoms with Crippen LogP contribution in [0.4, 0.5) is 15.8 Å². The zero-order valence-corrected chi connectivity index (χ0v) is 18.6. The second-order valence-electron chi connectivity index (χ2n) is 8.48. The van der Waals surface area contributed by atoms with Gasteiger partial charge < -0.3 is 9.47 Å². The Labute approximate surface area is 186 Å². The van der Waals surface area contributed by atoms with Crippen LogP contribution in [0.25, 0.3) is 11.1 Å². The van der Waals surface area contributed by atoms with Gasteiger partial charge in [-0.25, -0.2) is 13.4 Å². The summed E-state index contributed by atoms with van der Waals surface area (Å²) < 4.78 is 43.7. The van der Waals surface area contributed by atoms with Crippen LogP contribution < -0.4 is 9.62 Å². The molecule has 1 aliphatic heterocycles. The molecule has 1 aromatic carbocycles. The van der Waals surface area contributed by atoms with E-state index in [-0.39, 0.29) is 5.25 Å². The van der Waals surface area contributed by atoms with Crippen LogP contribution in [0, 0.1) is 5.95 Å². The molecular formula is C22H25FN6O2S. The van der Waals surface area contributed by atoms with Crippen LogP contribution in [0.3, 0.4) is 0 Å². The lowest BCUT2D eigenvalue weighted by atomic mass is 9.94. The third kappa shape index (κ3) is 4.06. The predicted molar refractivity (Wildman–Crippen MR) is 120 cm³/mol. The van der Waals surface area contributed by atoms with E-state index in [1.807, 2.05) is 23.7 Å². The van der Waals surface area contributed by atoms with Crippen molar-refractivity contribution >= 4 is 21.4 Å². The molecule has 168 valence electrons. The number of nitrogens with one attached hydrogen (secondary N) is 1. The molecule has 0 radical (unpaired) electrons. The van der Waals surface area contributed by atoms with Crippen LogP contribution >= 0.6 is 0 Å². The van der Waals surface area contributed by atoms with Gasteiger partial charge in [0.1, 0.15) is 12.2 Å². The molecule has 0 atom stereocenters. The Bertz CT molecular complexity index is 1220. The third-order valence-corrected chi connectivity index (χ3v) is 8.07. The highest BCUT2D eigenvalue weighted by Crippen LogP contribution is 2.41. The van der Waals surface area contributed by atoms with E-state index < -0.39 is 16.0 Å². The van der Waals surface area contributed by atoms with Crippen LogP contribution in [0.5, 0.6) is 0 Å². The number of benzene rings is 1. The van der Waals surface area contributed by atoms with Crippen LogP contribution in [-0.4, -0.2) is 46.5 Å². The third-order valence-electron chi connectivity index (χ3n) is 6.21. The molecule has 5 rings (SSSR count). The van der Waals surface area contributed by atoms with E-state index in [0.717, 1.165) is 48.6 Å². The topological polar surface area (TPSA) is 93.0 Å². The molecule has 8 nitrogen and oxygen atoms in total. The summed E-state index contributed by atoms with van der Waals surface area (Å²) in [5.41, 5.74) is 2.92. The SMILES string of the molecule is Cn1cnnc1C1CCN(c2c(NS(=O)(=O)C3CC3)cccc2-c2ccc(F)nc2)CC1. The minimum Gasteiger partial charge on any atom is -0.369 e. The molecule has 1 saturated carbocycles. The van der Waals surface area contributed by atoms with E-state index in [2.05, 4.69) is 24.8 Å². The van der Waals surface area contributed by atoms with Gasteiger partial charge in [0.2, 0.25) is 16.0 Å². The molecule has 1 aliphatic carbocycles. The monoisotopic (exact) mass is 456 g/mol. The van der Waals surface area contributed by atoms with E-state index >= 15 is 0 Å². The lowest BCUT2D eigenvalue weighted by molar-refractivity contribution is 0.474. The normalized spacial score (nSPS) is 17.5. The van der Waals surface area contributed by atoms with Gasteiger partial charge in [-0.1, -0.05) is 12.1 Å². The van der Waals surface area contributed by atoms with Crippen molar-refractivity contribution in [3.63, 3.8) is 0 Å². The Kier molecular flexibility index (Phi) is 5.32. The summed E-state index contributed by atoms with van der Waals surface area (Å²) in [5.74, 6) is 0.714. The number of aromatic nitrogens is 4. The standard InChI is InChI=1S/C22H25FN6O2S/c1-28-14-25-26-22(28)15-9-11-29(12-10-15)21-18(16-5-8-20(23)24-13-16)3-2-4-19(21)27-32(30,31)17-6-7-17/h2-5,8,13-15,17,27H,6-7,9-12H2,1H3. The van der Waals surface area contributed by atoms with Gasteiger partial charge in [0.15, 0.2) is 0 Å². The minimum absolute atomic E-state index is 0.296. The minimum atomic E-state index is -3.43. The van der Waals surface area contributed by atoms with E-state index in [4.69, 9.17) is 0 Å². The van der Waals surface area contributed by atoms with Crippen molar-refractivity contribution in [1.82, 2.24) is 19.7 Å². The summed E-state index contributed by atoms with van der Waals surface area (Å²) in [7, 11) is -1.48. The predicted octanol–water partition coefficient (Wildman–Crippen LogP) is 3.30. The Morgan fingerprint density at radius 3 is 2.50 bits per heavy atom. The number of rotatable bonds is 6. The maximum absolute atomic E-state index is 13.4. The fourth-order valence-corrected chi connectivity index (χ4v) is 5.77. The average molecular weight is 457 g/mol. The number of sulfonamides is 1. The first-order chi connectivity index (χ1) is 15.4. The summed E-state index contributed by atoms with van der Waals surface area (Å²) in [6.07, 6.45) is 6.32. The number of aryl methyl sites for hydroxylation is 1. The van der Waals surface area contributed by atoms with Gasteiger partial charge in [-0.05, 0) is 43.9 Å². The molecular weight excluding hydrogens is 431 g/mol. The molecule has 0 spiro atoms. The molecule has 1 N–H and O–H groups in total. The molecule has 0 amide bonds. The smallest absolute Gasteiger partial charge is 0.235 e. The first kappa shape index (κ1) is 20.9. The van der Waals surface area contributed by atoms with E-state index in [9.17, 15) is 12.8 Å². The number of nitrogens with zero attached hydrogens (tertiary/aromatic N) is 5.